The van der Waals surface area contributed by atoms with Gasteiger partial charge in [-0.3, -0.25) is 9.59 Å². The summed E-state index contributed by atoms with van der Waals surface area (Å²) in [7, 11) is 0. The monoisotopic (exact) mass is 232 g/mol. The van der Waals surface area contributed by atoms with Crippen LogP contribution < -0.4 is 5.56 Å². The molecular formula is C11H12N4O2. The second-order valence-electron chi connectivity index (χ2n) is 3.58. The van der Waals surface area contributed by atoms with E-state index in [4.69, 9.17) is 0 Å². The van der Waals surface area contributed by atoms with Crippen LogP contribution in [0.25, 0.3) is 0 Å². The van der Waals surface area contributed by atoms with Crippen LogP contribution in [0.4, 0.5) is 0 Å². The van der Waals surface area contributed by atoms with E-state index in [1.165, 1.54) is 12.1 Å². The van der Waals surface area contributed by atoms with Crippen LogP contribution in [0, 0.1) is 0 Å². The number of nitrogens with zero attached hydrogens (tertiary/aromatic N) is 3. The number of carbonyl (C=O) groups is 1. The molecule has 0 unspecified atom stereocenters. The molecule has 2 aromatic rings. The van der Waals surface area contributed by atoms with Gasteiger partial charge in [-0.1, -0.05) is 6.92 Å². The van der Waals surface area contributed by atoms with Crippen molar-refractivity contribution in [3.8, 4) is 0 Å². The Bertz CT molecular complexity index is 565. The van der Waals surface area contributed by atoms with E-state index >= 15 is 0 Å². The summed E-state index contributed by atoms with van der Waals surface area (Å²) in [5.74, 6) is 0.0473. The standard InChI is InChI=1S/C11H12N4O2/c1-2-6-15-7-5-12-11(15)10(17)8-3-4-9(16)14-13-8/h3-5,7H,2,6H2,1H3,(H,14,16). The fraction of sp³-hybridized carbons (Fsp3) is 0.273. The van der Waals surface area contributed by atoms with Gasteiger partial charge in [-0.05, 0) is 12.5 Å². The number of rotatable bonds is 4. The molecule has 0 aromatic carbocycles. The quantitative estimate of drug-likeness (QED) is 0.783. The molecule has 2 aromatic heterocycles. The van der Waals surface area contributed by atoms with E-state index in [-0.39, 0.29) is 17.0 Å². The molecule has 0 aliphatic heterocycles. The number of ketones is 1. The lowest BCUT2D eigenvalue weighted by Gasteiger charge is -2.04. The fourth-order valence-corrected chi connectivity index (χ4v) is 1.53. The Balaban J connectivity index is 2.33. The molecule has 0 bridgehead atoms. The first-order valence-corrected chi connectivity index (χ1v) is 5.34. The van der Waals surface area contributed by atoms with Crippen LogP contribution in [0.5, 0.6) is 0 Å². The Hall–Kier alpha value is -2.24. The summed E-state index contributed by atoms with van der Waals surface area (Å²) < 4.78 is 1.77. The van der Waals surface area contributed by atoms with Crippen LogP contribution in [0.2, 0.25) is 0 Å². The molecule has 0 atom stereocenters. The minimum Gasteiger partial charge on any atom is -0.328 e. The zero-order valence-electron chi connectivity index (χ0n) is 9.38. The molecule has 0 aliphatic rings. The third kappa shape index (κ3) is 2.30. The molecule has 0 aliphatic carbocycles. The van der Waals surface area contributed by atoms with Crippen molar-refractivity contribution in [3.05, 3.63) is 46.4 Å². The Labute approximate surface area is 97.3 Å². The maximum absolute atomic E-state index is 12.0. The van der Waals surface area contributed by atoms with Crippen molar-refractivity contribution in [2.45, 2.75) is 19.9 Å². The van der Waals surface area contributed by atoms with Gasteiger partial charge in [-0.25, -0.2) is 10.1 Å². The number of imidazole rings is 1. The van der Waals surface area contributed by atoms with Crippen LogP contribution in [0.1, 0.15) is 29.7 Å². The summed E-state index contributed by atoms with van der Waals surface area (Å²) >= 11 is 0. The zero-order valence-corrected chi connectivity index (χ0v) is 9.38. The third-order valence-electron chi connectivity index (χ3n) is 2.29. The van der Waals surface area contributed by atoms with Crippen LogP contribution >= 0.6 is 0 Å². The predicted molar refractivity (Wildman–Crippen MR) is 60.8 cm³/mol. The van der Waals surface area contributed by atoms with Crippen LogP contribution in [-0.2, 0) is 6.54 Å². The van der Waals surface area contributed by atoms with E-state index in [9.17, 15) is 9.59 Å². The van der Waals surface area contributed by atoms with Crippen molar-refractivity contribution < 1.29 is 4.79 Å². The predicted octanol–water partition coefficient (Wildman–Crippen LogP) is 0.607. The molecular weight excluding hydrogens is 220 g/mol. The second-order valence-corrected chi connectivity index (χ2v) is 3.58. The number of aromatic amines is 1. The molecule has 1 N–H and O–H groups in total. The summed E-state index contributed by atoms with van der Waals surface area (Å²) in [5.41, 5.74) is -0.147. The smallest absolute Gasteiger partial charge is 0.264 e. The molecule has 6 heteroatoms. The minimum atomic E-state index is -0.335. The molecule has 2 heterocycles. The van der Waals surface area contributed by atoms with Gasteiger partial charge in [0.1, 0.15) is 5.69 Å². The molecule has 2 rings (SSSR count). The Morgan fingerprint density at radius 2 is 2.29 bits per heavy atom. The SMILES string of the molecule is CCCn1ccnc1C(=O)c1ccc(=O)[nH]n1. The topological polar surface area (TPSA) is 80.6 Å². The van der Waals surface area contributed by atoms with Crippen LogP contribution in [-0.4, -0.2) is 25.5 Å². The normalized spacial score (nSPS) is 10.4. The Kier molecular flexibility index (Phi) is 3.13. The summed E-state index contributed by atoms with van der Waals surface area (Å²) in [5, 5.41) is 5.93. The summed E-state index contributed by atoms with van der Waals surface area (Å²) in [6.45, 7) is 2.75. The lowest BCUT2D eigenvalue weighted by Crippen LogP contribution is -2.16. The first kappa shape index (κ1) is 11.3. The Morgan fingerprint density at radius 1 is 1.47 bits per heavy atom. The van der Waals surface area contributed by atoms with Gasteiger partial charge >= 0.3 is 0 Å². The van der Waals surface area contributed by atoms with E-state index < -0.39 is 0 Å². The van der Waals surface area contributed by atoms with Gasteiger partial charge < -0.3 is 4.57 Å². The van der Waals surface area contributed by atoms with Gasteiger partial charge in [0.25, 0.3) is 5.56 Å². The van der Waals surface area contributed by atoms with E-state index in [0.717, 1.165) is 13.0 Å². The van der Waals surface area contributed by atoms with Crippen LogP contribution in [0.3, 0.4) is 0 Å². The van der Waals surface area contributed by atoms with Crippen molar-refractivity contribution in [2.24, 2.45) is 0 Å². The Morgan fingerprint density at radius 3 is 2.94 bits per heavy atom. The molecule has 88 valence electrons. The van der Waals surface area contributed by atoms with E-state index in [1.807, 2.05) is 6.92 Å². The molecule has 0 radical (unpaired) electrons. The first-order chi connectivity index (χ1) is 8.22. The van der Waals surface area contributed by atoms with E-state index in [1.54, 1.807) is 17.0 Å². The molecule has 0 amide bonds. The highest BCUT2D eigenvalue weighted by Gasteiger charge is 2.16. The number of H-pyrrole nitrogens is 1. The highest BCUT2D eigenvalue weighted by atomic mass is 16.1. The largest absolute Gasteiger partial charge is 0.328 e. The van der Waals surface area contributed by atoms with Gasteiger partial charge in [-0.2, -0.15) is 5.10 Å². The first-order valence-electron chi connectivity index (χ1n) is 5.34. The molecule has 0 saturated heterocycles. The third-order valence-corrected chi connectivity index (χ3v) is 2.29. The average Bonchev–Trinajstić information content (AvgIpc) is 2.78. The van der Waals surface area contributed by atoms with Gasteiger partial charge in [0.05, 0.1) is 0 Å². The summed E-state index contributed by atoms with van der Waals surface area (Å²) in [6.07, 6.45) is 4.24. The molecule has 17 heavy (non-hydrogen) atoms. The highest BCUT2D eigenvalue weighted by molar-refractivity contribution is 6.05. The number of carbonyl (C=O) groups excluding carboxylic acids is 1. The van der Waals surface area contributed by atoms with E-state index in [2.05, 4.69) is 15.2 Å². The lowest BCUT2D eigenvalue weighted by molar-refractivity contribution is 0.101. The summed E-state index contributed by atoms with van der Waals surface area (Å²) in [6, 6.07) is 2.67. The van der Waals surface area contributed by atoms with Crippen molar-refractivity contribution in [1.29, 1.82) is 0 Å². The van der Waals surface area contributed by atoms with Crippen molar-refractivity contribution in [3.63, 3.8) is 0 Å². The van der Waals surface area contributed by atoms with Crippen molar-refractivity contribution in [2.75, 3.05) is 0 Å². The summed E-state index contributed by atoms with van der Waals surface area (Å²) in [4.78, 5) is 26.9. The van der Waals surface area contributed by atoms with Crippen molar-refractivity contribution >= 4 is 5.78 Å². The number of hydrogen-bond acceptors (Lipinski definition) is 4. The fourth-order valence-electron chi connectivity index (χ4n) is 1.53. The highest BCUT2D eigenvalue weighted by Crippen LogP contribution is 2.05. The van der Waals surface area contributed by atoms with Gasteiger partial charge in [0.2, 0.25) is 5.78 Å². The number of aryl methyl sites for hydroxylation is 1. The zero-order chi connectivity index (χ0) is 12.3. The van der Waals surface area contributed by atoms with E-state index in [0.29, 0.717) is 5.82 Å². The van der Waals surface area contributed by atoms with Crippen molar-refractivity contribution in [1.82, 2.24) is 19.7 Å². The van der Waals surface area contributed by atoms with Gasteiger partial charge in [0.15, 0.2) is 5.82 Å². The van der Waals surface area contributed by atoms with Gasteiger partial charge in [0, 0.05) is 25.0 Å². The molecule has 0 spiro atoms. The lowest BCUT2D eigenvalue weighted by atomic mass is 10.2. The maximum Gasteiger partial charge on any atom is 0.264 e. The number of aromatic nitrogens is 4. The number of nitrogens with one attached hydrogen (secondary N) is 1. The minimum absolute atomic E-state index is 0.188. The number of hydrogen-bond donors (Lipinski definition) is 1. The molecule has 0 saturated carbocycles. The average molecular weight is 232 g/mol. The molecule has 6 nitrogen and oxygen atoms in total. The molecule has 0 fully saturated rings. The van der Waals surface area contributed by atoms with Crippen LogP contribution in [0.15, 0.2) is 29.3 Å². The maximum atomic E-state index is 12.0. The van der Waals surface area contributed by atoms with Gasteiger partial charge in [-0.15, -0.1) is 0 Å². The second kappa shape index (κ2) is 4.73.